The number of fused-ring (bicyclic) bond motifs is 1. The summed E-state index contributed by atoms with van der Waals surface area (Å²) in [7, 11) is 0. The summed E-state index contributed by atoms with van der Waals surface area (Å²) in [6.07, 6.45) is 0. The van der Waals surface area contributed by atoms with Crippen LogP contribution in [0.2, 0.25) is 0 Å². The Morgan fingerprint density at radius 3 is 2.73 bits per heavy atom. The van der Waals surface area contributed by atoms with Gasteiger partial charge in [0.25, 0.3) is 10.7 Å². The van der Waals surface area contributed by atoms with Gasteiger partial charge in [-0.2, -0.15) is 0 Å². The molecule has 1 radical (unpaired) electrons. The Morgan fingerprint density at radius 1 is 1.27 bits per heavy atom. The molecule has 1 aliphatic heterocycles. The van der Waals surface area contributed by atoms with Gasteiger partial charge in [0, 0.05) is 13.0 Å². The highest BCUT2D eigenvalue weighted by molar-refractivity contribution is 8.14. The van der Waals surface area contributed by atoms with E-state index in [1.807, 2.05) is 25.1 Å². The van der Waals surface area contributed by atoms with E-state index in [9.17, 15) is 0 Å². The third kappa shape index (κ3) is 1.76. The Hall–Kier alpha value is -0.0300. The lowest BCUT2D eigenvalue weighted by atomic mass is 10.3. The van der Waals surface area contributed by atoms with E-state index in [0.717, 1.165) is 10.7 Å². The van der Waals surface area contributed by atoms with E-state index in [1.54, 1.807) is 11.8 Å². The molecule has 0 aromatic heterocycles. The summed E-state index contributed by atoms with van der Waals surface area (Å²) < 4.78 is 0. The minimum absolute atomic E-state index is 0. The number of hydrogen-bond acceptors (Lipinski definition) is 2. The van der Waals surface area contributed by atoms with Gasteiger partial charge in [-0.3, -0.25) is 0 Å². The maximum atomic E-state index is 4.33. The second kappa shape index (κ2) is 3.58. The first kappa shape index (κ1) is 9.06. The number of benzene rings is 1. The zero-order valence-corrected chi connectivity index (χ0v) is 9.02. The molecule has 11 heavy (non-hydrogen) atoms. The molecule has 0 N–H and O–H groups in total. The van der Waals surface area contributed by atoms with Gasteiger partial charge in [-0.05, 0) is 17.8 Å². The van der Waals surface area contributed by atoms with Crippen molar-refractivity contribution in [2.24, 2.45) is 0 Å². The lowest BCUT2D eigenvalue weighted by Crippen LogP contribution is -3.00. The second-order valence-corrected chi connectivity index (χ2v) is 3.44. The maximum Gasteiger partial charge on any atom is 0.292 e. The number of hydrogen-bond donors (Lipinski definition) is 0. The highest BCUT2D eigenvalue weighted by Crippen LogP contribution is 2.31. The number of rotatable bonds is 0. The van der Waals surface area contributed by atoms with Gasteiger partial charge in [0.15, 0.2) is 0 Å². The third-order valence-electron chi connectivity index (χ3n) is 1.40. The Morgan fingerprint density at radius 2 is 2.00 bits per heavy atom. The molecular weight excluding hydrogens is 269 g/mol. The fourth-order valence-corrected chi connectivity index (χ4v) is 1.81. The van der Waals surface area contributed by atoms with Crippen LogP contribution in [0.1, 0.15) is 6.92 Å². The molecule has 0 unspecified atom stereocenters. The molecule has 3 heteroatoms. The maximum absolute atomic E-state index is 4.33. The monoisotopic (exact) mass is 276 g/mol. The van der Waals surface area contributed by atoms with Crippen molar-refractivity contribution in [2.45, 2.75) is 11.8 Å². The Bertz CT molecular complexity index is 296. The smallest absolute Gasteiger partial charge is 0.292 e. The second-order valence-electron chi connectivity index (χ2n) is 2.20. The summed E-state index contributed by atoms with van der Waals surface area (Å²) >= 11 is 1.74. The van der Waals surface area contributed by atoms with Gasteiger partial charge in [0.1, 0.15) is 0 Å². The number of para-hydroxylation sites is 1. The lowest BCUT2D eigenvalue weighted by molar-refractivity contribution is -0.00000208. The summed E-state index contributed by atoms with van der Waals surface area (Å²) in [5.74, 6) is 0. The largest absolute Gasteiger partial charge is 1.00 e. The predicted molar refractivity (Wildman–Crippen MR) is 44.8 cm³/mol. The number of halogens is 1. The molecule has 0 atom stereocenters. The molecule has 0 saturated heterocycles. The molecule has 1 nitrogen and oxygen atoms in total. The van der Waals surface area contributed by atoms with Crippen LogP contribution in [-0.4, -0.2) is 5.04 Å². The van der Waals surface area contributed by atoms with E-state index in [0.29, 0.717) is 0 Å². The molecule has 0 spiro atoms. The van der Waals surface area contributed by atoms with Gasteiger partial charge in [0.05, 0.1) is 9.89 Å². The average molecular weight is 276 g/mol. The van der Waals surface area contributed by atoms with Crippen molar-refractivity contribution in [3.05, 3.63) is 24.3 Å². The topological polar surface area (TPSA) is 14.1 Å². The van der Waals surface area contributed by atoms with Gasteiger partial charge in [-0.1, -0.05) is 12.1 Å². The minimum atomic E-state index is 0. The van der Waals surface area contributed by atoms with Crippen LogP contribution in [0.15, 0.2) is 29.2 Å². The summed E-state index contributed by atoms with van der Waals surface area (Å²) in [5.41, 5.74) is 1.12. The molecule has 57 valence electrons. The molecular formula is C8H7INS. The first-order chi connectivity index (χ1) is 4.86. The molecule has 0 saturated carbocycles. The molecule has 0 aliphatic carbocycles. The summed E-state index contributed by atoms with van der Waals surface area (Å²) in [5, 5.41) is 1.14. The first-order valence-corrected chi connectivity index (χ1v) is 4.00. The third-order valence-corrected chi connectivity index (χ3v) is 2.35. The molecule has 1 aromatic carbocycles. The highest BCUT2D eigenvalue weighted by Gasteiger charge is 2.23. The van der Waals surface area contributed by atoms with Crippen molar-refractivity contribution in [3.8, 4) is 0 Å². The van der Waals surface area contributed by atoms with Crippen LogP contribution in [0.4, 0.5) is 5.69 Å². The van der Waals surface area contributed by atoms with Crippen molar-refractivity contribution >= 4 is 22.5 Å². The van der Waals surface area contributed by atoms with Crippen LogP contribution in [0, 0.1) is 0 Å². The quantitative estimate of drug-likeness (QED) is 0.565. The molecule has 0 fully saturated rings. The van der Waals surface area contributed by atoms with Crippen LogP contribution in [0.25, 0.3) is 0 Å². The normalized spacial score (nSPS) is 13.4. The Labute approximate surface area is 87.3 Å². The van der Waals surface area contributed by atoms with Crippen molar-refractivity contribution in [1.82, 2.24) is 4.99 Å². The molecule has 1 aliphatic rings. The summed E-state index contributed by atoms with van der Waals surface area (Å²) in [4.78, 5) is 5.61. The molecule has 1 aromatic rings. The predicted octanol–water partition coefficient (Wildman–Crippen LogP) is -0.818. The fraction of sp³-hybridized carbons (Fsp3) is 0.125. The van der Waals surface area contributed by atoms with E-state index in [2.05, 4.69) is 11.1 Å². The van der Waals surface area contributed by atoms with E-state index in [1.165, 1.54) is 4.90 Å². The van der Waals surface area contributed by atoms with Crippen molar-refractivity contribution in [2.75, 3.05) is 0 Å². The van der Waals surface area contributed by atoms with Crippen LogP contribution >= 0.6 is 11.8 Å². The lowest BCUT2D eigenvalue weighted by Gasteiger charge is -1.82. The van der Waals surface area contributed by atoms with E-state index >= 15 is 0 Å². The Kier molecular flexibility index (Phi) is 2.95. The first-order valence-electron chi connectivity index (χ1n) is 3.18. The molecule has 1 heterocycles. The zero-order valence-electron chi connectivity index (χ0n) is 6.04. The van der Waals surface area contributed by atoms with Crippen LogP contribution in [0.3, 0.4) is 0 Å². The summed E-state index contributed by atoms with van der Waals surface area (Å²) in [6, 6.07) is 8.19. The average Bonchev–Trinajstić information content (AvgIpc) is 2.27. The minimum Gasteiger partial charge on any atom is -1.00 e. The molecule has 0 bridgehead atoms. The van der Waals surface area contributed by atoms with Crippen LogP contribution in [0.5, 0.6) is 0 Å². The fourth-order valence-electron chi connectivity index (χ4n) is 0.987. The van der Waals surface area contributed by atoms with Crippen molar-refractivity contribution in [1.29, 1.82) is 0 Å². The number of nitrogens with zero attached hydrogens (tertiary/aromatic N) is 1. The molecule has 2 rings (SSSR count). The van der Waals surface area contributed by atoms with Crippen LogP contribution < -0.4 is 29.0 Å². The standard InChI is InChI=1S/C8H7NS.HI/c1-6-9-7-4-2-3-5-8(7)10-6;/h2-5H,1H3;1H/q+1;/p-1. The van der Waals surface area contributed by atoms with Gasteiger partial charge in [-0.25, -0.2) is 0 Å². The Balaban J connectivity index is 0.000000605. The van der Waals surface area contributed by atoms with E-state index in [4.69, 9.17) is 0 Å². The number of aliphatic imine (C=N–C) groups is 1. The van der Waals surface area contributed by atoms with Crippen LogP contribution in [-0.2, 0) is 0 Å². The van der Waals surface area contributed by atoms with Crippen molar-refractivity contribution < 1.29 is 24.0 Å². The SMILES string of the molecule is CC1=[N+]c2ccccc2S1.[I-]. The van der Waals surface area contributed by atoms with Gasteiger partial charge >= 0.3 is 0 Å². The van der Waals surface area contributed by atoms with Gasteiger partial charge < -0.3 is 24.0 Å². The van der Waals surface area contributed by atoms with E-state index < -0.39 is 0 Å². The van der Waals surface area contributed by atoms with E-state index in [-0.39, 0.29) is 24.0 Å². The number of thioether (sulfide) groups is 1. The van der Waals surface area contributed by atoms with Crippen molar-refractivity contribution in [3.63, 3.8) is 0 Å². The summed E-state index contributed by atoms with van der Waals surface area (Å²) in [6.45, 7) is 2.03. The molecule has 0 amide bonds. The zero-order chi connectivity index (χ0) is 6.97. The van der Waals surface area contributed by atoms with Gasteiger partial charge in [0.2, 0.25) is 0 Å². The van der Waals surface area contributed by atoms with Gasteiger partial charge in [-0.15, -0.1) is 0 Å². The highest BCUT2D eigenvalue weighted by atomic mass is 127.